The number of anilines is 1. The fourth-order valence-corrected chi connectivity index (χ4v) is 1.69. The molecule has 0 aromatic carbocycles. The van der Waals surface area contributed by atoms with E-state index in [2.05, 4.69) is 15.0 Å². The Labute approximate surface area is 104 Å². The maximum absolute atomic E-state index is 11.3. The van der Waals surface area contributed by atoms with Gasteiger partial charge in [0.25, 0.3) is 0 Å². The molecule has 1 N–H and O–H groups in total. The van der Waals surface area contributed by atoms with E-state index in [1.165, 1.54) is 19.4 Å². The Bertz CT molecular complexity index is 530. The minimum Gasteiger partial charge on any atom is -0.465 e. The lowest BCUT2D eigenvalue weighted by Gasteiger charge is -2.08. The van der Waals surface area contributed by atoms with Crippen molar-refractivity contribution in [2.24, 2.45) is 0 Å². The van der Waals surface area contributed by atoms with Gasteiger partial charge in [-0.1, -0.05) is 11.6 Å². The van der Waals surface area contributed by atoms with Crippen molar-refractivity contribution in [2.45, 2.75) is 0 Å². The van der Waals surface area contributed by atoms with Crippen molar-refractivity contribution < 1.29 is 17.9 Å². The molecule has 0 fully saturated rings. The van der Waals surface area contributed by atoms with Gasteiger partial charge in [0.1, 0.15) is 11.7 Å². The van der Waals surface area contributed by atoms with E-state index in [9.17, 15) is 13.2 Å². The maximum Gasteiger partial charge on any atom is 0.339 e. The van der Waals surface area contributed by atoms with Crippen LogP contribution in [0.3, 0.4) is 0 Å². The normalized spacial score (nSPS) is 11.0. The van der Waals surface area contributed by atoms with E-state index < -0.39 is 15.8 Å². The Kier molecular flexibility index (Phi) is 4.30. The minimum atomic E-state index is -3.20. The molecular formula is C9H11ClN2O4S. The molecule has 0 amide bonds. The smallest absolute Gasteiger partial charge is 0.339 e. The number of pyridine rings is 1. The molecule has 0 saturated carbocycles. The Morgan fingerprint density at radius 2 is 2.24 bits per heavy atom. The number of nitrogens with zero attached hydrogens (tertiary/aromatic N) is 1. The van der Waals surface area contributed by atoms with E-state index in [-0.39, 0.29) is 22.3 Å². The van der Waals surface area contributed by atoms with Crippen LogP contribution in [0.4, 0.5) is 5.82 Å². The fraction of sp³-hybridized carbons (Fsp3) is 0.333. The van der Waals surface area contributed by atoms with Gasteiger partial charge < -0.3 is 10.1 Å². The quantitative estimate of drug-likeness (QED) is 0.825. The third-order valence-corrected chi connectivity index (χ3v) is 2.85. The van der Waals surface area contributed by atoms with Gasteiger partial charge in [-0.05, 0) is 6.07 Å². The molecule has 6 nitrogen and oxygen atoms in total. The Morgan fingerprint density at radius 3 is 2.76 bits per heavy atom. The summed E-state index contributed by atoms with van der Waals surface area (Å²) in [6, 6.07) is 1.39. The van der Waals surface area contributed by atoms with Crippen LogP contribution in [0.15, 0.2) is 12.3 Å². The fourth-order valence-electron chi connectivity index (χ4n) is 1.03. The van der Waals surface area contributed by atoms with E-state index in [0.29, 0.717) is 0 Å². The van der Waals surface area contributed by atoms with Crippen LogP contribution in [0.2, 0.25) is 5.02 Å². The van der Waals surface area contributed by atoms with Crippen molar-refractivity contribution >= 4 is 33.2 Å². The van der Waals surface area contributed by atoms with Crippen LogP contribution in [0.25, 0.3) is 0 Å². The molecule has 0 saturated heterocycles. The lowest BCUT2D eigenvalue weighted by molar-refractivity contribution is 0.0601. The number of halogens is 1. The lowest BCUT2D eigenvalue weighted by atomic mass is 10.2. The molecule has 0 radical (unpaired) electrons. The highest BCUT2D eigenvalue weighted by molar-refractivity contribution is 7.90. The van der Waals surface area contributed by atoms with E-state index in [4.69, 9.17) is 11.6 Å². The van der Waals surface area contributed by atoms with Crippen molar-refractivity contribution in [3.63, 3.8) is 0 Å². The van der Waals surface area contributed by atoms with Gasteiger partial charge in [-0.2, -0.15) is 0 Å². The summed E-state index contributed by atoms with van der Waals surface area (Å²) in [6.45, 7) is 0. The molecule has 17 heavy (non-hydrogen) atoms. The summed E-state index contributed by atoms with van der Waals surface area (Å²) in [5, 5.41) is 2.56. The Morgan fingerprint density at radius 1 is 1.59 bits per heavy atom. The second-order valence-electron chi connectivity index (χ2n) is 3.26. The number of ether oxygens (including phenoxy) is 1. The van der Waals surface area contributed by atoms with Crippen LogP contribution in [0.1, 0.15) is 10.4 Å². The van der Waals surface area contributed by atoms with Gasteiger partial charge in [0.2, 0.25) is 0 Å². The highest BCUT2D eigenvalue weighted by Gasteiger charge is 2.15. The number of nitrogens with one attached hydrogen (secondary N) is 1. The van der Waals surface area contributed by atoms with E-state index in [1.54, 1.807) is 0 Å². The third-order valence-electron chi connectivity index (χ3n) is 1.80. The number of hydrogen-bond donors (Lipinski definition) is 1. The van der Waals surface area contributed by atoms with Crippen molar-refractivity contribution in [1.29, 1.82) is 0 Å². The van der Waals surface area contributed by atoms with Crippen LogP contribution in [-0.2, 0) is 14.6 Å². The number of esters is 1. The Balaban J connectivity index is 2.99. The van der Waals surface area contributed by atoms with Crippen molar-refractivity contribution in [3.8, 4) is 0 Å². The van der Waals surface area contributed by atoms with Crippen molar-refractivity contribution in [3.05, 3.63) is 22.8 Å². The molecule has 1 heterocycles. The number of carbonyl (C=O) groups excluding carboxylic acids is 1. The summed E-state index contributed by atoms with van der Waals surface area (Å²) in [7, 11) is -1.98. The molecule has 0 aliphatic rings. The maximum atomic E-state index is 11.3. The molecule has 0 aliphatic heterocycles. The highest BCUT2D eigenvalue weighted by Crippen LogP contribution is 2.23. The summed E-state index contributed by atoms with van der Waals surface area (Å²) < 4.78 is 26.5. The van der Waals surface area contributed by atoms with E-state index in [1.807, 2.05) is 0 Å². The standard InChI is InChI=1S/C9H11ClN2O4S/c1-16-9(13)6-3-4-11-8(7(6)10)12-5-17(2,14)15/h3-4H,5H2,1-2H3,(H,11,12). The molecule has 0 spiro atoms. The average Bonchev–Trinajstić information content (AvgIpc) is 2.25. The SMILES string of the molecule is COC(=O)c1ccnc(NCS(C)(=O)=O)c1Cl. The predicted octanol–water partition coefficient (Wildman–Crippen LogP) is 0.936. The van der Waals surface area contributed by atoms with Gasteiger partial charge in [-0.25, -0.2) is 18.2 Å². The van der Waals surface area contributed by atoms with Gasteiger partial charge in [-0.15, -0.1) is 0 Å². The summed E-state index contributed by atoms with van der Waals surface area (Å²) in [5.74, 6) is -0.801. The topological polar surface area (TPSA) is 85.4 Å². The summed E-state index contributed by atoms with van der Waals surface area (Å²) in [5.41, 5.74) is 0.125. The molecule has 1 rings (SSSR count). The molecule has 8 heteroatoms. The summed E-state index contributed by atoms with van der Waals surface area (Å²) >= 11 is 5.89. The number of aromatic nitrogens is 1. The molecule has 0 atom stereocenters. The van der Waals surface area contributed by atoms with Crippen LogP contribution in [0, 0.1) is 0 Å². The van der Waals surface area contributed by atoms with Crippen molar-refractivity contribution in [1.82, 2.24) is 4.98 Å². The highest BCUT2D eigenvalue weighted by atomic mass is 35.5. The summed E-state index contributed by atoms with van der Waals surface area (Å²) in [6.07, 6.45) is 2.40. The summed E-state index contributed by atoms with van der Waals surface area (Å²) in [4.78, 5) is 15.2. The zero-order valence-electron chi connectivity index (χ0n) is 9.23. The van der Waals surface area contributed by atoms with Gasteiger partial charge in [0, 0.05) is 12.5 Å². The predicted molar refractivity (Wildman–Crippen MR) is 63.9 cm³/mol. The molecule has 0 aliphatic carbocycles. The number of sulfone groups is 1. The molecule has 0 bridgehead atoms. The third kappa shape index (κ3) is 3.86. The molecule has 1 aromatic heterocycles. The zero-order valence-corrected chi connectivity index (χ0v) is 10.8. The molecule has 94 valence electrons. The molecular weight excluding hydrogens is 268 g/mol. The molecule has 1 aromatic rings. The van der Waals surface area contributed by atoms with Crippen LogP contribution < -0.4 is 5.32 Å². The van der Waals surface area contributed by atoms with E-state index >= 15 is 0 Å². The lowest BCUT2D eigenvalue weighted by Crippen LogP contribution is -2.14. The first-order valence-electron chi connectivity index (χ1n) is 4.49. The Hall–Kier alpha value is -1.34. The number of rotatable bonds is 4. The van der Waals surface area contributed by atoms with Gasteiger partial charge in [0.15, 0.2) is 9.84 Å². The second kappa shape index (κ2) is 5.33. The van der Waals surface area contributed by atoms with Gasteiger partial charge in [0.05, 0.1) is 17.7 Å². The zero-order chi connectivity index (χ0) is 13.1. The van der Waals surface area contributed by atoms with Crippen LogP contribution >= 0.6 is 11.6 Å². The van der Waals surface area contributed by atoms with Gasteiger partial charge in [-0.3, -0.25) is 0 Å². The van der Waals surface area contributed by atoms with Crippen LogP contribution in [0.5, 0.6) is 0 Å². The van der Waals surface area contributed by atoms with Crippen molar-refractivity contribution in [2.75, 3.05) is 24.6 Å². The first kappa shape index (κ1) is 13.7. The number of methoxy groups -OCH3 is 1. The number of carbonyl (C=O) groups is 1. The average molecular weight is 279 g/mol. The largest absolute Gasteiger partial charge is 0.465 e. The first-order valence-corrected chi connectivity index (χ1v) is 6.93. The van der Waals surface area contributed by atoms with Crippen LogP contribution in [-0.4, -0.2) is 38.6 Å². The first-order chi connectivity index (χ1) is 7.85. The van der Waals surface area contributed by atoms with E-state index in [0.717, 1.165) is 6.26 Å². The molecule has 0 unspecified atom stereocenters. The number of hydrogen-bond acceptors (Lipinski definition) is 6. The monoisotopic (exact) mass is 278 g/mol. The second-order valence-corrected chi connectivity index (χ2v) is 5.78. The van der Waals surface area contributed by atoms with Gasteiger partial charge >= 0.3 is 5.97 Å². The minimum absolute atomic E-state index is 0.0306.